The lowest BCUT2D eigenvalue weighted by Crippen LogP contribution is -2.38. The van der Waals surface area contributed by atoms with E-state index in [-0.39, 0.29) is 18.3 Å². The predicted octanol–water partition coefficient (Wildman–Crippen LogP) is 6.68. The van der Waals surface area contributed by atoms with E-state index in [1.807, 2.05) is 0 Å². The molecule has 0 saturated heterocycles. The topological polar surface area (TPSA) is 45.7 Å². The number of likely N-dealkylation sites (N-methyl/N-ethyl adjacent to an activating group) is 1. The maximum absolute atomic E-state index is 13.4. The molecule has 0 fully saturated rings. The Morgan fingerprint density at radius 1 is 1.06 bits per heavy atom. The average molecular weight is 523 g/mol. The van der Waals surface area contributed by atoms with Crippen molar-refractivity contribution < 1.29 is 9.53 Å². The molecule has 0 N–H and O–H groups in total. The van der Waals surface area contributed by atoms with Gasteiger partial charge in [-0.25, -0.2) is 4.98 Å². The van der Waals surface area contributed by atoms with Crippen LogP contribution in [0.1, 0.15) is 24.2 Å². The Balaban J connectivity index is 0.00000341. The summed E-state index contributed by atoms with van der Waals surface area (Å²) >= 11 is 20.0. The van der Waals surface area contributed by atoms with E-state index in [0.717, 1.165) is 17.8 Å². The second-order valence-electron chi connectivity index (χ2n) is 6.57. The van der Waals surface area contributed by atoms with Gasteiger partial charge < -0.3 is 9.64 Å². The number of thiazole rings is 1. The summed E-state index contributed by atoms with van der Waals surface area (Å²) in [5.41, 5.74) is 1.04. The quantitative estimate of drug-likeness (QED) is 0.331. The highest BCUT2D eigenvalue weighted by Gasteiger charge is 2.24. The van der Waals surface area contributed by atoms with Gasteiger partial charge in [0, 0.05) is 28.7 Å². The summed E-state index contributed by atoms with van der Waals surface area (Å²) in [6.45, 7) is 7.13. The fourth-order valence-electron chi connectivity index (χ4n) is 3.12. The van der Waals surface area contributed by atoms with Gasteiger partial charge in [0.15, 0.2) is 5.13 Å². The Labute approximate surface area is 207 Å². The van der Waals surface area contributed by atoms with Crippen molar-refractivity contribution in [2.45, 2.75) is 13.8 Å². The van der Waals surface area contributed by atoms with Crippen molar-refractivity contribution in [1.82, 2.24) is 9.88 Å². The number of anilines is 1. The van der Waals surface area contributed by atoms with Crippen molar-refractivity contribution in [3.63, 3.8) is 0 Å². The molecular formula is C21H23Cl4N3O2S. The minimum absolute atomic E-state index is 0. The van der Waals surface area contributed by atoms with Crippen molar-refractivity contribution in [1.29, 1.82) is 0 Å². The third-order valence-electron chi connectivity index (χ3n) is 4.79. The molecule has 2 aromatic carbocycles. The lowest BCUT2D eigenvalue weighted by Gasteiger charge is -2.25. The van der Waals surface area contributed by atoms with Crippen LogP contribution in [0.2, 0.25) is 15.1 Å². The first-order valence-electron chi connectivity index (χ1n) is 9.51. The van der Waals surface area contributed by atoms with E-state index in [1.54, 1.807) is 42.3 Å². The summed E-state index contributed by atoms with van der Waals surface area (Å²) < 4.78 is 6.20. The van der Waals surface area contributed by atoms with Crippen LogP contribution in [0.3, 0.4) is 0 Å². The Hall–Kier alpha value is -1.28. The zero-order chi connectivity index (χ0) is 21.8. The maximum atomic E-state index is 13.4. The van der Waals surface area contributed by atoms with Crippen molar-refractivity contribution in [2.75, 3.05) is 38.2 Å². The number of benzene rings is 2. The Morgan fingerprint density at radius 3 is 2.29 bits per heavy atom. The van der Waals surface area contributed by atoms with Crippen LogP contribution in [-0.4, -0.2) is 49.1 Å². The highest BCUT2D eigenvalue weighted by molar-refractivity contribution is 7.23. The Bertz CT molecular complexity index is 1040. The molecule has 0 aliphatic carbocycles. The van der Waals surface area contributed by atoms with Gasteiger partial charge >= 0.3 is 0 Å². The predicted molar refractivity (Wildman–Crippen MR) is 134 cm³/mol. The van der Waals surface area contributed by atoms with E-state index in [4.69, 9.17) is 44.5 Å². The van der Waals surface area contributed by atoms with E-state index >= 15 is 0 Å². The molecule has 1 aromatic heterocycles. The molecule has 10 heteroatoms. The van der Waals surface area contributed by atoms with Gasteiger partial charge in [0.25, 0.3) is 5.91 Å². The van der Waals surface area contributed by atoms with Crippen molar-refractivity contribution in [3.8, 4) is 5.75 Å². The number of amides is 1. The average Bonchev–Trinajstić information content (AvgIpc) is 3.16. The van der Waals surface area contributed by atoms with Crippen LogP contribution in [0.4, 0.5) is 5.13 Å². The van der Waals surface area contributed by atoms with Gasteiger partial charge in [0.05, 0.1) is 16.8 Å². The molecule has 1 amide bonds. The molecule has 0 radical (unpaired) electrons. The number of nitrogens with zero attached hydrogens (tertiary/aromatic N) is 3. The molecule has 3 rings (SSSR count). The van der Waals surface area contributed by atoms with E-state index in [2.05, 4.69) is 18.7 Å². The van der Waals surface area contributed by atoms with Crippen LogP contribution in [-0.2, 0) is 0 Å². The number of methoxy groups -OCH3 is 1. The van der Waals surface area contributed by atoms with Gasteiger partial charge in [0.1, 0.15) is 11.3 Å². The molecule has 0 bridgehead atoms. The molecule has 0 aliphatic heterocycles. The van der Waals surface area contributed by atoms with Gasteiger partial charge in [-0.2, -0.15) is 0 Å². The molecule has 0 atom stereocenters. The molecule has 1 heterocycles. The van der Waals surface area contributed by atoms with Crippen LogP contribution in [0.25, 0.3) is 10.2 Å². The normalized spacial score (nSPS) is 10.9. The fraction of sp³-hybridized carbons (Fsp3) is 0.333. The largest absolute Gasteiger partial charge is 0.494 e. The molecular weight excluding hydrogens is 500 g/mol. The molecule has 0 saturated carbocycles. The number of hydrogen-bond acceptors (Lipinski definition) is 5. The molecule has 0 unspecified atom stereocenters. The number of fused-ring (bicyclic) bond motifs is 1. The van der Waals surface area contributed by atoms with Gasteiger partial charge in [0.2, 0.25) is 0 Å². The van der Waals surface area contributed by atoms with Crippen LogP contribution >= 0.6 is 58.5 Å². The number of halogens is 4. The van der Waals surface area contributed by atoms with Crippen molar-refractivity contribution >= 4 is 79.8 Å². The highest BCUT2D eigenvalue weighted by Crippen LogP contribution is 2.39. The molecule has 5 nitrogen and oxygen atoms in total. The van der Waals surface area contributed by atoms with E-state index in [0.29, 0.717) is 50.1 Å². The first-order chi connectivity index (χ1) is 14.4. The SMILES string of the molecule is CCN(CC)CCN(C(=O)c1cc(Cl)cc(Cl)c1)c1nc2c(OC)ccc(Cl)c2s1.Cl. The highest BCUT2D eigenvalue weighted by atomic mass is 35.5. The van der Waals surface area contributed by atoms with Crippen molar-refractivity contribution in [3.05, 3.63) is 51.0 Å². The number of ether oxygens (including phenoxy) is 1. The van der Waals surface area contributed by atoms with Crippen LogP contribution in [0, 0.1) is 0 Å². The third kappa shape index (κ3) is 5.95. The number of rotatable bonds is 8. The minimum atomic E-state index is -0.222. The summed E-state index contributed by atoms with van der Waals surface area (Å²) in [6, 6.07) is 8.36. The summed E-state index contributed by atoms with van der Waals surface area (Å²) in [5, 5.41) is 1.92. The number of carbonyl (C=O) groups is 1. The molecule has 31 heavy (non-hydrogen) atoms. The number of hydrogen-bond donors (Lipinski definition) is 0. The Morgan fingerprint density at radius 2 is 1.71 bits per heavy atom. The van der Waals surface area contributed by atoms with Gasteiger partial charge in [-0.15, -0.1) is 12.4 Å². The summed E-state index contributed by atoms with van der Waals surface area (Å²) in [7, 11) is 1.58. The van der Waals surface area contributed by atoms with Gasteiger partial charge in [-0.1, -0.05) is 60.0 Å². The third-order valence-corrected chi connectivity index (χ3v) is 6.76. The van der Waals surface area contributed by atoms with E-state index in [1.165, 1.54) is 11.3 Å². The standard InChI is InChI=1S/C21H22Cl3N3O2S.ClH/c1-4-26(5-2)8-9-27(20(28)13-10-14(22)12-15(23)11-13)21-25-18-17(29-3)7-6-16(24)19(18)30-21;/h6-7,10-12H,4-5,8-9H2,1-3H3;1H. The van der Waals surface area contributed by atoms with E-state index < -0.39 is 0 Å². The van der Waals surface area contributed by atoms with Crippen molar-refractivity contribution in [2.24, 2.45) is 0 Å². The first kappa shape index (κ1) is 26.0. The lowest BCUT2D eigenvalue weighted by molar-refractivity contribution is 0.0983. The van der Waals surface area contributed by atoms with E-state index in [9.17, 15) is 4.79 Å². The summed E-state index contributed by atoms with van der Waals surface area (Å²) in [4.78, 5) is 22.0. The molecule has 0 spiro atoms. The number of aromatic nitrogens is 1. The second-order valence-corrected chi connectivity index (χ2v) is 8.82. The molecule has 0 aliphatic rings. The lowest BCUT2D eigenvalue weighted by atomic mass is 10.2. The fourth-order valence-corrected chi connectivity index (χ4v) is 4.93. The van der Waals surface area contributed by atoms with Crippen LogP contribution in [0.5, 0.6) is 5.75 Å². The van der Waals surface area contributed by atoms with Gasteiger partial charge in [-0.3, -0.25) is 9.69 Å². The first-order valence-corrected chi connectivity index (χ1v) is 11.5. The second kappa shape index (κ2) is 11.5. The number of carbonyl (C=O) groups excluding carboxylic acids is 1. The monoisotopic (exact) mass is 521 g/mol. The zero-order valence-corrected chi connectivity index (χ0v) is 21.2. The Kier molecular flexibility index (Phi) is 9.67. The van der Waals surface area contributed by atoms with Gasteiger partial charge in [-0.05, 0) is 43.4 Å². The minimum Gasteiger partial charge on any atom is -0.494 e. The molecule has 3 aromatic rings. The smallest absolute Gasteiger partial charge is 0.260 e. The summed E-state index contributed by atoms with van der Waals surface area (Å²) in [6.07, 6.45) is 0. The molecule has 168 valence electrons. The maximum Gasteiger partial charge on any atom is 0.260 e. The van der Waals surface area contributed by atoms with Crippen LogP contribution < -0.4 is 9.64 Å². The van der Waals surface area contributed by atoms with Crippen LogP contribution in [0.15, 0.2) is 30.3 Å². The summed E-state index contributed by atoms with van der Waals surface area (Å²) in [5.74, 6) is 0.388. The zero-order valence-electron chi connectivity index (χ0n) is 17.3.